The Morgan fingerprint density at radius 3 is 1.52 bits per heavy atom. The predicted octanol–water partition coefficient (Wildman–Crippen LogP) is 6.54. The molecule has 0 aliphatic heterocycles. The van der Waals surface area contributed by atoms with Crippen molar-refractivity contribution in [2.75, 3.05) is 6.16 Å². The molecule has 3 heteroatoms. The first-order chi connectivity index (χ1) is 11.4. The Hall–Kier alpha value is -1.26. The summed E-state index contributed by atoms with van der Waals surface area (Å²) in [6.07, 6.45) is 1.16. The van der Waals surface area contributed by atoms with E-state index in [0.29, 0.717) is 0 Å². The Morgan fingerprint density at radius 2 is 1.12 bits per heavy atom. The van der Waals surface area contributed by atoms with Crippen LogP contribution in [0.15, 0.2) is 96.8 Å². The summed E-state index contributed by atoms with van der Waals surface area (Å²) in [4.78, 5) is 0. The molecule has 0 aliphatic rings. The van der Waals surface area contributed by atoms with Gasteiger partial charge in [0, 0.05) is 0 Å². The number of benzene rings is 3. The third kappa shape index (κ3) is 5.89. The van der Waals surface area contributed by atoms with Crippen LogP contribution >= 0.6 is 34.8 Å². The van der Waals surface area contributed by atoms with Crippen LogP contribution in [0.1, 0.15) is 18.1 Å². The second-order valence-electron chi connectivity index (χ2n) is 5.40. The van der Waals surface area contributed by atoms with Crippen molar-refractivity contribution in [1.82, 2.24) is 0 Å². The molecule has 0 nitrogen and oxygen atoms in total. The van der Waals surface area contributed by atoms with E-state index in [4.69, 9.17) is 0 Å². The van der Waals surface area contributed by atoms with Crippen LogP contribution in [-0.4, -0.2) is 6.16 Å². The van der Waals surface area contributed by atoms with E-state index in [1.54, 1.807) is 0 Å². The van der Waals surface area contributed by atoms with Gasteiger partial charge in [-0.1, -0.05) is 106 Å². The van der Waals surface area contributed by atoms with Gasteiger partial charge in [0.1, 0.15) is 0 Å². The number of hydrogen-bond donors (Lipinski definition) is 0. The molecule has 0 aromatic heterocycles. The molecule has 0 N–H and O–H groups in total. The van der Waals surface area contributed by atoms with Gasteiger partial charge >= 0.3 is 0 Å². The molecule has 0 bridgehead atoms. The zero-order chi connectivity index (χ0) is 15.9. The summed E-state index contributed by atoms with van der Waals surface area (Å²) in [5, 5.41) is 1.44. The minimum atomic E-state index is -0.302. The van der Waals surface area contributed by atoms with Crippen LogP contribution in [0.4, 0.5) is 0 Å². The first-order valence-corrected chi connectivity index (χ1v) is 9.62. The molecule has 0 saturated carbocycles. The number of rotatable bonds is 5. The SMILES string of the molecule is Br.CCP(C=C(c1ccccc1)c1ccccc1)c1ccccc1.P. The average Bonchev–Trinajstić information content (AvgIpc) is 2.65. The lowest BCUT2D eigenvalue weighted by atomic mass is 10.00. The van der Waals surface area contributed by atoms with Crippen molar-refractivity contribution >= 4 is 45.7 Å². The van der Waals surface area contributed by atoms with Gasteiger partial charge in [0.2, 0.25) is 0 Å². The fraction of sp³-hybridized carbons (Fsp3) is 0.0909. The molecule has 3 rings (SSSR count). The molecule has 0 radical (unpaired) electrons. The highest BCUT2D eigenvalue weighted by Crippen LogP contribution is 2.40. The molecule has 3 aromatic carbocycles. The van der Waals surface area contributed by atoms with Gasteiger partial charge in [0.25, 0.3) is 0 Å². The van der Waals surface area contributed by atoms with Crippen LogP contribution in [0.3, 0.4) is 0 Å². The van der Waals surface area contributed by atoms with Crippen LogP contribution in [0.2, 0.25) is 0 Å². The minimum Gasteiger partial charge on any atom is -0.153 e. The van der Waals surface area contributed by atoms with Crippen molar-refractivity contribution < 1.29 is 0 Å². The molecule has 2 atom stereocenters. The summed E-state index contributed by atoms with van der Waals surface area (Å²) < 4.78 is 0. The molecule has 0 spiro atoms. The predicted molar refractivity (Wildman–Crippen MR) is 125 cm³/mol. The summed E-state index contributed by atoms with van der Waals surface area (Å²) >= 11 is 0. The Morgan fingerprint density at radius 1 is 0.720 bits per heavy atom. The highest BCUT2D eigenvalue weighted by Gasteiger charge is 2.10. The molecular weight excluding hydrogens is 406 g/mol. The Kier molecular flexibility index (Phi) is 9.91. The molecular formula is C22H25BrP2. The Balaban J connectivity index is 0.00000156. The van der Waals surface area contributed by atoms with Crippen LogP contribution in [0.25, 0.3) is 5.57 Å². The fourth-order valence-corrected chi connectivity index (χ4v) is 4.54. The van der Waals surface area contributed by atoms with Gasteiger partial charge in [-0.25, -0.2) is 0 Å². The number of halogens is 1. The molecule has 0 saturated heterocycles. The van der Waals surface area contributed by atoms with Gasteiger partial charge in [-0.3, -0.25) is 0 Å². The monoisotopic (exact) mass is 430 g/mol. The molecule has 0 amide bonds. The molecule has 0 fully saturated rings. The summed E-state index contributed by atoms with van der Waals surface area (Å²) in [7, 11) is -0.302. The molecule has 0 aliphatic carbocycles. The van der Waals surface area contributed by atoms with Gasteiger partial charge < -0.3 is 0 Å². The molecule has 2 unspecified atom stereocenters. The summed E-state index contributed by atoms with van der Waals surface area (Å²) in [6, 6.07) is 32.3. The Labute approximate surface area is 166 Å². The van der Waals surface area contributed by atoms with Crippen LogP contribution in [-0.2, 0) is 0 Å². The molecule has 25 heavy (non-hydrogen) atoms. The summed E-state index contributed by atoms with van der Waals surface area (Å²) in [5.41, 5.74) is 3.91. The molecule has 0 heterocycles. The van der Waals surface area contributed by atoms with E-state index in [1.807, 2.05) is 0 Å². The van der Waals surface area contributed by atoms with E-state index in [0.717, 1.165) is 6.16 Å². The van der Waals surface area contributed by atoms with E-state index >= 15 is 0 Å². The van der Waals surface area contributed by atoms with Crippen LogP contribution < -0.4 is 5.30 Å². The average molecular weight is 431 g/mol. The maximum Gasteiger partial charge on any atom is -0.0103 e. The van der Waals surface area contributed by atoms with Gasteiger partial charge in [0.05, 0.1) is 0 Å². The lowest BCUT2D eigenvalue weighted by Gasteiger charge is -2.16. The third-order valence-corrected chi connectivity index (χ3v) is 6.10. The zero-order valence-corrected chi connectivity index (χ0v) is 18.5. The van der Waals surface area contributed by atoms with Crippen molar-refractivity contribution in [3.8, 4) is 0 Å². The van der Waals surface area contributed by atoms with E-state index in [1.165, 1.54) is 22.0 Å². The van der Waals surface area contributed by atoms with E-state index < -0.39 is 0 Å². The van der Waals surface area contributed by atoms with Gasteiger partial charge in [0.15, 0.2) is 0 Å². The lowest BCUT2D eigenvalue weighted by Crippen LogP contribution is -2.00. The van der Waals surface area contributed by atoms with Crippen molar-refractivity contribution in [3.63, 3.8) is 0 Å². The minimum absolute atomic E-state index is 0. The standard InChI is InChI=1S/C22H21P.BrH.H3P/c1-2-23(21-16-10-5-11-17-21)18-22(19-12-6-3-7-13-19)20-14-8-4-9-15-20;;/h3-18H,2H2,1H3;1H;1H3. The normalized spacial score (nSPS) is 10.8. The topological polar surface area (TPSA) is 0 Å². The van der Waals surface area contributed by atoms with Crippen LogP contribution in [0, 0.1) is 0 Å². The first kappa shape index (κ1) is 21.8. The van der Waals surface area contributed by atoms with E-state index in [-0.39, 0.29) is 34.8 Å². The first-order valence-electron chi connectivity index (χ1n) is 8.03. The number of hydrogen-bond acceptors (Lipinski definition) is 0. The second kappa shape index (κ2) is 11.4. The third-order valence-electron chi connectivity index (χ3n) is 3.88. The van der Waals surface area contributed by atoms with E-state index in [9.17, 15) is 0 Å². The largest absolute Gasteiger partial charge is 0.153 e. The van der Waals surface area contributed by atoms with Crippen molar-refractivity contribution in [2.45, 2.75) is 6.92 Å². The zero-order valence-electron chi connectivity index (χ0n) is 14.5. The van der Waals surface area contributed by atoms with Gasteiger partial charge in [-0.2, -0.15) is 9.90 Å². The summed E-state index contributed by atoms with van der Waals surface area (Å²) in [6.45, 7) is 2.28. The summed E-state index contributed by atoms with van der Waals surface area (Å²) in [5.74, 6) is 2.48. The highest BCUT2D eigenvalue weighted by atomic mass is 79.9. The quantitative estimate of drug-likeness (QED) is 0.403. The Bertz CT molecular complexity index is 714. The second-order valence-corrected chi connectivity index (χ2v) is 7.74. The van der Waals surface area contributed by atoms with E-state index in [2.05, 4.69) is 104 Å². The van der Waals surface area contributed by atoms with Gasteiger partial charge in [-0.15, -0.1) is 17.0 Å². The maximum absolute atomic E-state index is 2.48. The van der Waals surface area contributed by atoms with Crippen molar-refractivity contribution in [1.29, 1.82) is 0 Å². The van der Waals surface area contributed by atoms with Crippen LogP contribution in [0.5, 0.6) is 0 Å². The molecule has 3 aromatic rings. The smallest absolute Gasteiger partial charge is 0.0103 e. The van der Waals surface area contributed by atoms with Gasteiger partial charge in [-0.05, 0) is 34.0 Å². The lowest BCUT2D eigenvalue weighted by molar-refractivity contribution is 1.50. The maximum atomic E-state index is 2.48. The van der Waals surface area contributed by atoms with Crippen molar-refractivity contribution in [3.05, 3.63) is 108 Å². The highest BCUT2D eigenvalue weighted by molar-refractivity contribution is 8.93. The molecule has 130 valence electrons. The van der Waals surface area contributed by atoms with Crippen molar-refractivity contribution in [2.24, 2.45) is 0 Å². The fourth-order valence-electron chi connectivity index (χ4n) is 2.67.